The van der Waals surface area contributed by atoms with Gasteiger partial charge in [0.25, 0.3) is 5.91 Å². The van der Waals surface area contributed by atoms with Crippen LogP contribution in [0.2, 0.25) is 0 Å². The third-order valence-electron chi connectivity index (χ3n) is 3.62. The first-order chi connectivity index (χ1) is 11.4. The van der Waals surface area contributed by atoms with Gasteiger partial charge in [-0.2, -0.15) is 0 Å². The fraction of sp³-hybridized carbons (Fsp3) is 0.263. The number of amides is 2. The first kappa shape index (κ1) is 17.5. The van der Waals surface area contributed by atoms with Gasteiger partial charge in [-0.3, -0.25) is 9.59 Å². The molecule has 0 saturated carbocycles. The number of aryl methyl sites for hydroxylation is 2. The van der Waals surface area contributed by atoms with Crippen LogP contribution < -0.4 is 15.4 Å². The average molecular weight is 326 g/mol. The summed E-state index contributed by atoms with van der Waals surface area (Å²) in [6, 6.07) is 11.2. The predicted octanol–water partition coefficient (Wildman–Crippen LogP) is 3.59. The van der Waals surface area contributed by atoms with Gasteiger partial charge in [0, 0.05) is 18.3 Å². The third-order valence-corrected chi connectivity index (χ3v) is 3.62. The molecular weight excluding hydrogens is 304 g/mol. The number of rotatable bonds is 5. The highest BCUT2D eigenvalue weighted by molar-refractivity contribution is 5.95. The summed E-state index contributed by atoms with van der Waals surface area (Å²) in [5.41, 5.74) is 4.19. The predicted molar refractivity (Wildman–Crippen MR) is 95.5 cm³/mol. The minimum atomic E-state index is -0.251. The number of carbonyl (C=O) groups excluding carboxylic acids is 2. The smallest absolute Gasteiger partial charge is 0.262 e. The zero-order chi connectivity index (χ0) is 17.7. The van der Waals surface area contributed by atoms with Gasteiger partial charge in [0.15, 0.2) is 6.61 Å². The summed E-state index contributed by atoms with van der Waals surface area (Å²) in [5.74, 6) is 0.299. The minimum Gasteiger partial charge on any atom is -0.483 e. The lowest BCUT2D eigenvalue weighted by Crippen LogP contribution is -2.21. The summed E-state index contributed by atoms with van der Waals surface area (Å²) in [5, 5.41) is 5.55. The molecule has 0 spiro atoms. The number of ether oxygens (including phenoxy) is 1. The largest absolute Gasteiger partial charge is 0.483 e. The maximum Gasteiger partial charge on any atom is 0.262 e. The Labute approximate surface area is 142 Å². The van der Waals surface area contributed by atoms with Crippen molar-refractivity contribution in [1.29, 1.82) is 0 Å². The van der Waals surface area contributed by atoms with Crippen molar-refractivity contribution in [2.24, 2.45) is 0 Å². The number of nitrogens with one attached hydrogen (secondary N) is 2. The Morgan fingerprint density at radius 1 is 1.00 bits per heavy atom. The zero-order valence-corrected chi connectivity index (χ0v) is 14.4. The van der Waals surface area contributed by atoms with Crippen LogP contribution >= 0.6 is 0 Å². The summed E-state index contributed by atoms with van der Waals surface area (Å²) in [6.07, 6.45) is 0. The van der Waals surface area contributed by atoms with Gasteiger partial charge in [-0.15, -0.1) is 0 Å². The molecule has 2 aromatic carbocycles. The topological polar surface area (TPSA) is 67.4 Å². The van der Waals surface area contributed by atoms with Crippen LogP contribution in [-0.4, -0.2) is 18.4 Å². The van der Waals surface area contributed by atoms with E-state index in [4.69, 9.17) is 4.74 Å². The van der Waals surface area contributed by atoms with E-state index >= 15 is 0 Å². The highest BCUT2D eigenvalue weighted by Crippen LogP contribution is 2.23. The van der Waals surface area contributed by atoms with Crippen molar-refractivity contribution in [3.8, 4) is 5.75 Å². The van der Waals surface area contributed by atoms with Crippen LogP contribution in [0.15, 0.2) is 36.4 Å². The van der Waals surface area contributed by atoms with Crippen molar-refractivity contribution >= 4 is 23.2 Å². The molecule has 2 rings (SSSR count). The molecule has 5 nitrogen and oxygen atoms in total. The Morgan fingerprint density at radius 2 is 1.67 bits per heavy atom. The number of carbonyl (C=O) groups is 2. The SMILES string of the molecule is CC(=O)Nc1cccc(NC(=O)COc2cc(C)ccc2C)c1C. The summed E-state index contributed by atoms with van der Waals surface area (Å²) in [4.78, 5) is 23.3. The van der Waals surface area contributed by atoms with E-state index in [1.54, 1.807) is 18.2 Å². The first-order valence-electron chi connectivity index (χ1n) is 7.74. The molecule has 0 aliphatic rings. The van der Waals surface area contributed by atoms with E-state index < -0.39 is 0 Å². The standard InChI is InChI=1S/C19H22N2O3/c1-12-8-9-13(2)18(10-12)24-11-19(23)21-17-7-5-6-16(14(17)3)20-15(4)22/h5-10H,11H2,1-4H3,(H,20,22)(H,21,23). The van der Waals surface area contributed by atoms with E-state index in [9.17, 15) is 9.59 Å². The second-order valence-electron chi connectivity index (χ2n) is 5.77. The Hall–Kier alpha value is -2.82. The van der Waals surface area contributed by atoms with E-state index in [0.717, 1.165) is 16.7 Å². The van der Waals surface area contributed by atoms with Crippen LogP contribution in [0.4, 0.5) is 11.4 Å². The van der Waals surface area contributed by atoms with Gasteiger partial charge in [-0.1, -0.05) is 18.2 Å². The monoisotopic (exact) mass is 326 g/mol. The molecule has 0 fully saturated rings. The number of hydrogen-bond acceptors (Lipinski definition) is 3. The van der Waals surface area contributed by atoms with Gasteiger partial charge < -0.3 is 15.4 Å². The molecule has 5 heteroatoms. The molecule has 0 atom stereocenters. The van der Waals surface area contributed by atoms with Crippen molar-refractivity contribution in [3.63, 3.8) is 0 Å². The fourth-order valence-electron chi connectivity index (χ4n) is 2.29. The van der Waals surface area contributed by atoms with Crippen molar-refractivity contribution < 1.29 is 14.3 Å². The molecule has 0 aromatic heterocycles. The Bertz CT molecular complexity index is 769. The fourth-order valence-corrected chi connectivity index (χ4v) is 2.29. The third kappa shape index (κ3) is 4.59. The highest BCUT2D eigenvalue weighted by atomic mass is 16.5. The molecule has 0 radical (unpaired) electrons. The number of anilines is 2. The van der Waals surface area contributed by atoms with Crippen molar-refractivity contribution in [3.05, 3.63) is 53.1 Å². The Balaban J connectivity index is 2.02. The highest BCUT2D eigenvalue weighted by Gasteiger charge is 2.10. The van der Waals surface area contributed by atoms with Crippen LogP contribution in [0.3, 0.4) is 0 Å². The summed E-state index contributed by atoms with van der Waals surface area (Å²) in [7, 11) is 0. The molecule has 2 amide bonds. The molecule has 24 heavy (non-hydrogen) atoms. The van der Waals surface area contributed by atoms with Gasteiger partial charge in [-0.25, -0.2) is 0 Å². The Kier molecular flexibility index (Phi) is 5.58. The van der Waals surface area contributed by atoms with E-state index in [1.807, 2.05) is 39.0 Å². The van der Waals surface area contributed by atoms with Crippen LogP contribution in [0.25, 0.3) is 0 Å². The normalized spacial score (nSPS) is 10.2. The number of hydrogen-bond donors (Lipinski definition) is 2. The van der Waals surface area contributed by atoms with Crippen LogP contribution in [0, 0.1) is 20.8 Å². The lowest BCUT2D eigenvalue weighted by molar-refractivity contribution is -0.118. The lowest BCUT2D eigenvalue weighted by Gasteiger charge is -2.14. The number of benzene rings is 2. The molecule has 2 N–H and O–H groups in total. The van der Waals surface area contributed by atoms with Gasteiger partial charge in [0.1, 0.15) is 5.75 Å². The van der Waals surface area contributed by atoms with Crippen molar-refractivity contribution in [2.45, 2.75) is 27.7 Å². The summed E-state index contributed by atoms with van der Waals surface area (Å²) >= 11 is 0. The summed E-state index contributed by atoms with van der Waals surface area (Å²) < 4.78 is 5.60. The van der Waals surface area contributed by atoms with Crippen LogP contribution in [0.5, 0.6) is 5.75 Å². The zero-order valence-electron chi connectivity index (χ0n) is 14.4. The van der Waals surface area contributed by atoms with E-state index in [-0.39, 0.29) is 18.4 Å². The van der Waals surface area contributed by atoms with Gasteiger partial charge in [0.05, 0.1) is 0 Å². The molecule has 2 aromatic rings. The van der Waals surface area contributed by atoms with Gasteiger partial charge in [0.2, 0.25) is 5.91 Å². The molecule has 0 unspecified atom stereocenters. The first-order valence-corrected chi connectivity index (χ1v) is 7.74. The maximum absolute atomic E-state index is 12.1. The van der Waals surface area contributed by atoms with E-state index in [2.05, 4.69) is 10.6 Å². The van der Waals surface area contributed by atoms with Crippen molar-refractivity contribution in [2.75, 3.05) is 17.2 Å². The van der Waals surface area contributed by atoms with E-state index in [1.165, 1.54) is 6.92 Å². The van der Waals surface area contributed by atoms with Gasteiger partial charge >= 0.3 is 0 Å². The summed E-state index contributed by atoms with van der Waals surface area (Å²) in [6.45, 7) is 7.13. The van der Waals surface area contributed by atoms with Crippen molar-refractivity contribution in [1.82, 2.24) is 0 Å². The van der Waals surface area contributed by atoms with Crippen LogP contribution in [0.1, 0.15) is 23.6 Å². The molecule has 0 aliphatic carbocycles. The minimum absolute atomic E-state index is 0.0753. The molecule has 0 heterocycles. The molecule has 0 bridgehead atoms. The van der Waals surface area contributed by atoms with Gasteiger partial charge in [-0.05, 0) is 55.7 Å². The second-order valence-corrected chi connectivity index (χ2v) is 5.77. The Morgan fingerprint density at radius 3 is 2.33 bits per heavy atom. The molecule has 0 aliphatic heterocycles. The maximum atomic E-state index is 12.1. The molecular formula is C19H22N2O3. The molecule has 0 saturated heterocycles. The quantitative estimate of drug-likeness (QED) is 0.882. The van der Waals surface area contributed by atoms with E-state index in [0.29, 0.717) is 17.1 Å². The second kappa shape index (κ2) is 7.64. The molecule has 126 valence electrons. The average Bonchev–Trinajstić information content (AvgIpc) is 2.52. The van der Waals surface area contributed by atoms with Crippen LogP contribution in [-0.2, 0) is 9.59 Å². The lowest BCUT2D eigenvalue weighted by atomic mass is 10.1.